The van der Waals surface area contributed by atoms with Gasteiger partial charge in [0.1, 0.15) is 0 Å². The van der Waals surface area contributed by atoms with Crippen molar-refractivity contribution in [2.45, 2.75) is 71.4 Å². The Balaban J connectivity index is 1.90. The zero-order valence-electron chi connectivity index (χ0n) is 12.7. The molecular weight excluding hydrogens is 236 g/mol. The predicted molar refractivity (Wildman–Crippen MR) is 78.6 cm³/mol. The molecule has 2 saturated carbocycles. The van der Waals surface area contributed by atoms with Crippen LogP contribution in [0.4, 0.5) is 0 Å². The fraction of sp³-hybridized carbons (Fsp3) is 0.938. The normalized spacial score (nSPS) is 43.8. The van der Waals surface area contributed by atoms with Crippen molar-refractivity contribution < 1.29 is 4.79 Å². The summed E-state index contributed by atoms with van der Waals surface area (Å²) in [7, 11) is 0. The molecule has 6 unspecified atom stereocenters. The van der Waals surface area contributed by atoms with E-state index in [0.717, 1.165) is 31.6 Å². The molecule has 2 aliphatic carbocycles. The maximum Gasteiger partial charge on any atom is 0.223 e. The first-order valence-electron chi connectivity index (χ1n) is 8.05. The van der Waals surface area contributed by atoms with Gasteiger partial charge in [0.15, 0.2) is 0 Å². The Labute approximate surface area is 117 Å². The van der Waals surface area contributed by atoms with E-state index in [2.05, 4.69) is 26.1 Å². The van der Waals surface area contributed by atoms with Crippen LogP contribution in [0.25, 0.3) is 0 Å². The second kappa shape index (κ2) is 6.25. The molecule has 19 heavy (non-hydrogen) atoms. The first kappa shape index (κ1) is 14.8. The molecule has 6 atom stereocenters. The molecule has 0 radical (unpaired) electrons. The largest absolute Gasteiger partial charge is 0.353 e. The third kappa shape index (κ3) is 3.50. The predicted octanol–water partition coefficient (Wildman–Crippen LogP) is 2.69. The van der Waals surface area contributed by atoms with Crippen LogP contribution in [0.1, 0.15) is 59.3 Å². The van der Waals surface area contributed by atoms with Gasteiger partial charge in [-0.1, -0.05) is 27.2 Å². The van der Waals surface area contributed by atoms with Gasteiger partial charge in [-0.3, -0.25) is 4.79 Å². The topological polar surface area (TPSA) is 55.1 Å². The summed E-state index contributed by atoms with van der Waals surface area (Å²) >= 11 is 0. The van der Waals surface area contributed by atoms with Crippen LogP contribution in [0.15, 0.2) is 0 Å². The zero-order valence-corrected chi connectivity index (χ0v) is 12.7. The van der Waals surface area contributed by atoms with Crippen LogP contribution in [-0.4, -0.2) is 18.0 Å². The molecule has 0 saturated heterocycles. The van der Waals surface area contributed by atoms with E-state index in [9.17, 15) is 4.79 Å². The van der Waals surface area contributed by atoms with E-state index in [1.807, 2.05) is 0 Å². The highest BCUT2D eigenvalue weighted by molar-refractivity contribution is 5.79. The minimum Gasteiger partial charge on any atom is -0.353 e. The van der Waals surface area contributed by atoms with Gasteiger partial charge in [-0.25, -0.2) is 0 Å². The molecule has 3 nitrogen and oxygen atoms in total. The smallest absolute Gasteiger partial charge is 0.223 e. The third-order valence-corrected chi connectivity index (χ3v) is 5.46. The minimum atomic E-state index is 0.135. The first-order chi connectivity index (χ1) is 8.99. The van der Waals surface area contributed by atoms with Crippen LogP contribution in [0, 0.1) is 23.7 Å². The molecule has 2 fully saturated rings. The highest BCUT2D eigenvalue weighted by Crippen LogP contribution is 2.32. The van der Waals surface area contributed by atoms with Crippen molar-refractivity contribution in [2.24, 2.45) is 29.4 Å². The summed E-state index contributed by atoms with van der Waals surface area (Å²) in [5, 5.41) is 3.32. The summed E-state index contributed by atoms with van der Waals surface area (Å²) in [4.78, 5) is 12.5. The first-order valence-corrected chi connectivity index (χ1v) is 8.05. The maximum atomic E-state index is 12.5. The highest BCUT2D eigenvalue weighted by Gasteiger charge is 2.35. The lowest BCUT2D eigenvalue weighted by Gasteiger charge is -2.37. The summed E-state index contributed by atoms with van der Waals surface area (Å²) in [6.07, 6.45) is 6.81. The molecule has 1 amide bonds. The molecule has 0 aromatic carbocycles. The fourth-order valence-electron chi connectivity index (χ4n) is 3.94. The number of hydrogen-bond donors (Lipinski definition) is 2. The van der Waals surface area contributed by atoms with Gasteiger partial charge in [-0.15, -0.1) is 0 Å². The number of amides is 1. The lowest BCUT2D eigenvalue weighted by molar-refractivity contribution is -0.129. The Morgan fingerprint density at radius 3 is 2.53 bits per heavy atom. The molecule has 3 N–H and O–H groups in total. The minimum absolute atomic E-state index is 0.135. The van der Waals surface area contributed by atoms with E-state index in [1.54, 1.807) is 0 Å². The van der Waals surface area contributed by atoms with Gasteiger partial charge in [-0.05, 0) is 49.9 Å². The van der Waals surface area contributed by atoms with Crippen LogP contribution in [0.5, 0.6) is 0 Å². The van der Waals surface area contributed by atoms with E-state index >= 15 is 0 Å². The van der Waals surface area contributed by atoms with Gasteiger partial charge < -0.3 is 11.1 Å². The standard InChI is InChI=1S/C16H30N2O/c1-10-7-8-15(11(2)9-10)18-16(19)13-5-4-6-14(17)12(13)3/h10-15H,4-9,17H2,1-3H3,(H,18,19). The Bertz CT molecular complexity index is 318. The summed E-state index contributed by atoms with van der Waals surface area (Å²) in [6.45, 7) is 6.73. The van der Waals surface area contributed by atoms with Crippen LogP contribution in [0.2, 0.25) is 0 Å². The summed E-state index contributed by atoms with van der Waals surface area (Å²) in [6, 6.07) is 0.586. The van der Waals surface area contributed by atoms with Gasteiger partial charge in [0, 0.05) is 18.0 Å². The SMILES string of the molecule is CC1CCC(NC(=O)C2CCCC(N)C2C)C(C)C1. The van der Waals surface area contributed by atoms with E-state index in [-0.39, 0.29) is 17.9 Å². The van der Waals surface area contributed by atoms with Crippen molar-refractivity contribution in [3.05, 3.63) is 0 Å². The maximum absolute atomic E-state index is 12.5. The molecule has 0 spiro atoms. The van der Waals surface area contributed by atoms with Crippen molar-refractivity contribution in [3.63, 3.8) is 0 Å². The average molecular weight is 266 g/mol. The van der Waals surface area contributed by atoms with Gasteiger partial charge >= 0.3 is 0 Å². The van der Waals surface area contributed by atoms with Crippen LogP contribution >= 0.6 is 0 Å². The molecule has 3 heteroatoms. The number of carbonyl (C=O) groups excluding carboxylic acids is 1. The van der Waals surface area contributed by atoms with Crippen molar-refractivity contribution in [2.75, 3.05) is 0 Å². The van der Waals surface area contributed by atoms with E-state index in [4.69, 9.17) is 5.73 Å². The van der Waals surface area contributed by atoms with E-state index in [1.165, 1.54) is 12.8 Å². The van der Waals surface area contributed by atoms with Gasteiger partial charge in [0.25, 0.3) is 0 Å². The van der Waals surface area contributed by atoms with Crippen molar-refractivity contribution in [3.8, 4) is 0 Å². The highest BCUT2D eigenvalue weighted by atomic mass is 16.2. The van der Waals surface area contributed by atoms with Crippen molar-refractivity contribution in [1.82, 2.24) is 5.32 Å². The average Bonchev–Trinajstić information content (AvgIpc) is 2.36. The van der Waals surface area contributed by atoms with Gasteiger partial charge in [0.05, 0.1) is 0 Å². The number of nitrogens with one attached hydrogen (secondary N) is 1. The quantitative estimate of drug-likeness (QED) is 0.807. The monoisotopic (exact) mass is 266 g/mol. The molecule has 2 aliphatic rings. The zero-order chi connectivity index (χ0) is 14.0. The van der Waals surface area contributed by atoms with E-state index in [0.29, 0.717) is 17.9 Å². The number of carbonyl (C=O) groups is 1. The molecule has 0 aliphatic heterocycles. The summed E-state index contributed by atoms with van der Waals surface area (Å²) in [5.74, 6) is 2.14. The third-order valence-electron chi connectivity index (χ3n) is 5.46. The number of hydrogen-bond acceptors (Lipinski definition) is 2. The lowest BCUT2D eigenvalue weighted by atomic mass is 9.75. The van der Waals surface area contributed by atoms with Gasteiger partial charge in [0.2, 0.25) is 5.91 Å². The molecule has 110 valence electrons. The Morgan fingerprint density at radius 1 is 1.11 bits per heavy atom. The lowest BCUT2D eigenvalue weighted by Crippen LogP contribution is -2.49. The second-order valence-electron chi connectivity index (χ2n) is 7.07. The molecule has 2 rings (SSSR count). The molecule has 0 aromatic rings. The molecule has 0 bridgehead atoms. The number of rotatable bonds is 2. The van der Waals surface area contributed by atoms with Crippen LogP contribution < -0.4 is 11.1 Å². The van der Waals surface area contributed by atoms with Crippen molar-refractivity contribution in [1.29, 1.82) is 0 Å². The van der Waals surface area contributed by atoms with Gasteiger partial charge in [-0.2, -0.15) is 0 Å². The van der Waals surface area contributed by atoms with E-state index < -0.39 is 0 Å². The Kier molecular flexibility index (Phi) is 4.88. The van der Waals surface area contributed by atoms with Crippen LogP contribution in [0.3, 0.4) is 0 Å². The molecule has 0 heterocycles. The van der Waals surface area contributed by atoms with Crippen molar-refractivity contribution >= 4 is 5.91 Å². The van der Waals surface area contributed by atoms with Crippen LogP contribution in [-0.2, 0) is 4.79 Å². The fourth-order valence-corrected chi connectivity index (χ4v) is 3.94. The second-order valence-corrected chi connectivity index (χ2v) is 7.07. The Hall–Kier alpha value is -0.570. The summed E-state index contributed by atoms with van der Waals surface area (Å²) in [5.41, 5.74) is 6.11. The molecule has 0 aromatic heterocycles. The molecular formula is C16H30N2O. The Morgan fingerprint density at radius 2 is 1.84 bits per heavy atom. The number of nitrogens with two attached hydrogens (primary N) is 1. The summed E-state index contributed by atoms with van der Waals surface area (Å²) < 4.78 is 0.